The zero-order valence-corrected chi connectivity index (χ0v) is 8.45. The Morgan fingerprint density at radius 3 is 2.67 bits per heavy atom. The standard InChI is InChI=1S/C12H12N2O/c1-8-4-2-5-9(13)11(8)12(15)10-6-3-7-14-10/h2-7,14H,13H2,1H3. The van der Waals surface area contributed by atoms with Crippen LogP contribution in [-0.4, -0.2) is 10.8 Å². The average molecular weight is 200 g/mol. The highest BCUT2D eigenvalue weighted by Crippen LogP contribution is 2.19. The summed E-state index contributed by atoms with van der Waals surface area (Å²) in [6.07, 6.45) is 1.72. The zero-order valence-electron chi connectivity index (χ0n) is 8.45. The minimum atomic E-state index is -0.0596. The number of nitrogen functional groups attached to an aromatic ring is 1. The number of aromatic nitrogens is 1. The molecule has 2 rings (SSSR count). The van der Waals surface area contributed by atoms with E-state index in [1.54, 1.807) is 24.4 Å². The molecule has 3 N–H and O–H groups in total. The fraction of sp³-hybridized carbons (Fsp3) is 0.0833. The smallest absolute Gasteiger partial charge is 0.211 e. The molecule has 3 heteroatoms. The van der Waals surface area contributed by atoms with Crippen LogP contribution < -0.4 is 5.73 Å². The Bertz CT molecular complexity index is 466. The number of aryl methyl sites for hydroxylation is 1. The van der Waals surface area contributed by atoms with Crippen LogP contribution in [0.15, 0.2) is 36.5 Å². The highest BCUT2D eigenvalue weighted by atomic mass is 16.1. The Labute approximate surface area is 87.9 Å². The number of benzene rings is 1. The van der Waals surface area contributed by atoms with Crippen LogP contribution >= 0.6 is 0 Å². The van der Waals surface area contributed by atoms with Gasteiger partial charge in [-0.25, -0.2) is 0 Å². The third-order valence-electron chi connectivity index (χ3n) is 2.37. The molecule has 3 nitrogen and oxygen atoms in total. The molecule has 76 valence electrons. The van der Waals surface area contributed by atoms with Crippen molar-refractivity contribution in [3.8, 4) is 0 Å². The number of rotatable bonds is 2. The number of ketones is 1. The Morgan fingerprint density at radius 1 is 1.27 bits per heavy atom. The lowest BCUT2D eigenvalue weighted by atomic mass is 10.0. The lowest BCUT2D eigenvalue weighted by Crippen LogP contribution is -2.07. The lowest BCUT2D eigenvalue weighted by Gasteiger charge is -2.06. The van der Waals surface area contributed by atoms with Gasteiger partial charge >= 0.3 is 0 Å². The first-order valence-corrected chi connectivity index (χ1v) is 4.73. The first kappa shape index (κ1) is 9.52. The molecule has 0 aliphatic heterocycles. The number of carbonyl (C=O) groups is 1. The van der Waals surface area contributed by atoms with E-state index in [1.165, 1.54) is 0 Å². The fourth-order valence-corrected chi connectivity index (χ4v) is 1.61. The zero-order chi connectivity index (χ0) is 10.8. The van der Waals surface area contributed by atoms with E-state index >= 15 is 0 Å². The maximum Gasteiger partial charge on any atom is 0.211 e. The third-order valence-corrected chi connectivity index (χ3v) is 2.37. The molecule has 1 heterocycles. The second kappa shape index (κ2) is 3.61. The number of hydrogen-bond acceptors (Lipinski definition) is 2. The number of nitrogens with two attached hydrogens (primary N) is 1. The first-order chi connectivity index (χ1) is 7.20. The summed E-state index contributed by atoms with van der Waals surface area (Å²) in [6, 6.07) is 9.00. The highest BCUT2D eigenvalue weighted by Gasteiger charge is 2.14. The Morgan fingerprint density at radius 2 is 2.07 bits per heavy atom. The third kappa shape index (κ3) is 1.64. The molecule has 1 aromatic carbocycles. The molecular weight excluding hydrogens is 188 g/mol. The number of anilines is 1. The normalized spacial score (nSPS) is 10.2. The van der Waals surface area contributed by atoms with Crippen molar-refractivity contribution in [1.82, 2.24) is 4.98 Å². The SMILES string of the molecule is Cc1cccc(N)c1C(=O)c1ccc[nH]1. The van der Waals surface area contributed by atoms with E-state index in [0.717, 1.165) is 5.56 Å². The molecule has 2 aromatic rings. The van der Waals surface area contributed by atoms with Crippen molar-refractivity contribution in [2.24, 2.45) is 0 Å². The first-order valence-electron chi connectivity index (χ1n) is 4.73. The summed E-state index contributed by atoms with van der Waals surface area (Å²) < 4.78 is 0. The van der Waals surface area contributed by atoms with Crippen molar-refractivity contribution < 1.29 is 4.79 Å². The van der Waals surface area contributed by atoms with Crippen LogP contribution in [0, 0.1) is 6.92 Å². The van der Waals surface area contributed by atoms with Crippen molar-refractivity contribution >= 4 is 11.5 Å². The summed E-state index contributed by atoms with van der Waals surface area (Å²) >= 11 is 0. The van der Waals surface area contributed by atoms with Gasteiger partial charge in [-0.2, -0.15) is 0 Å². The molecule has 0 atom stereocenters. The molecule has 1 aromatic heterocycles. The summed E-state index contributed by atoms with van der Waals surface area (Å²) in [4.78, 5) is 14.9. The highest BCUT2D eigenvalue weighted by molar-refractivity contribution is 6.11. The Hall–Kier alpha value is -2.03. The van der Waals surface area contributed by atoms with E-state index in [4.69, 9.17) is 5.73 Å². The van der Waals surface area contributed by atoms with Gasteiger partial charge in [0.25, 0.3) is 0 Å². The maximum absolute atomic E-state index is 12.0. The number of H-pyrrole nitrogens is 1. The van der Waals surface area contributed by atoms with E-state index in [0.29, 0.717) is 16.9 Å². The monoisotopic (exact) mass is 200 g/mol. The van der Waals surface area contributed by atoms with Crippen molar-refractivity contribution in [3.63, 3.8) is 0 Å². The molecule has 0 saturated carbocycles. The van der Waals surface area contributed by atoms with Crippen LogP contribution in [0.1, 0.15) is 21.6 Å². The number of aromatic amines is 1. The molecule has 0 aliphatic carbocycles. The van der Waals surface area contributed by atoms with Gasteiger partial charge in [0, 0.05) is 17.4 Å². The van der Waals surface area contributed by atoms with Gasteiger partial charge in [0.1, 0.15) is 0 Å². The molecule has 0 saturated heterocycles. The van der Waals surface area contributed by atoms with E-state index in [9.17, 15) is 4.79 Å². The van der Waals surface area contributed by atoms with Crippen LogP contribution in [0.4, 0.5) is 5.69 Å². The molecule has 0 unspecified atom stereocenters. The predicted molar refractivity (Wildman–Crippen MR) is 59.8 cm³/mol. The second-order valence-electron chi connectivity index (χ2n) is 3.45. The summed E-state index contributed by atoms with van der Waals surface area (Å²) in [6.45, 7) is 1.88. The topological polar surface area (TPSA) is 58.9 Å². The van der Waals surface area contributed by atoms with Crippen LogP contribution in [0.5, 0.6) is 0 Å². The van der Waals surface area contributed by atoms with Crippen LogP contribution in [0.2, 0.25) is 0 Å². The lowest BCUT2D eigenvalue weighted by molar-refractivity contribution is 0.103. The second-order valence-corrected chi connectivity index (χ2v) is 3.45. The molecule has 0 fully saturated rings. The Balaban J connectivity index is 2.51. The van der Waals surface area contributed by atoms with Crippen molar-refractivity contribution in [2.45, 2.75) is 6.92 Å². The van der Waals surface area contributed by atoms with Crippen molar-refractivity contribution in [1.29, 1.82) is 0 Å². The van der Waals surface area contributed by atoms with Crippen LogP contribution in [0.25, 0.3) is 0 Å². The van der Waals surface area contributed by atoms with Crippen molar-refractivity contribution in [3.05, 3.63) is 53.3 Å². The van der Waals surface area contributed by atoms with Gasteiger partial charge in [-0.05, 0) is 30.7 Å². The summed E-state index contributed by atoms with van der Waals surface area (Å²) in [5, 5.41) is 0. The number of nitrogens with one attached hydrogen (secondary N) is 1. The molecule has 0 amide bonds. The minimum absolute atomic E-state index is 0.0596. The van der Waals surface area contributed by atoms with Crippen molar-refractivity contribution in [2.75, 3.05) is 5.73 Å². The molecule has 0 aliphatic rings. The molecule has 0 spiro atoms. The number of carbonyl (C=O) groups excluding carboxylic acids is 1. The molecule has 0 radical (unpaired) electrons. The van der Waals surface area contributed by atoms with E-state index < -0.39 is 0 Å². The van der Waals surface area contributed by atoms with E-state index in [-0.39, 0.29) is 5.78 Å². The van der Waals surface area contributed by atoms with Gasteiger partial charge < -0.3 is 10.7 Å². The summed E-state index contributed by atoms with van der Waals surface area (Å²) in [5.74, 6) is -0.0596. The largest absolute Gasteiger partial charge is 0.398 e. The maximum atomic E-state index is 12.0. The van der Waals surface area contributed by atoms with Gasteiger partial charge in [-0.3, -0.25) is 4.79 Å². The Kier molecular flexibility index (Phi) is 2.29. The summed E-state index contributed by atoms with van der Waals surface area (Å²) in [5.41, 5.74) is 8.36. The summed E-state index contributed by atoms with van der Waals surface area (Å²) in [7, 11) is 0. The van der Waals surface area contributed by atoms with Gasteiger partial charge in [-0.1, -0.05) is 12.1 Å². The van der Waals surface area contributed by atoms with Crippen LogP contribution in [0.3, 0.4) is 0 Å². The van der Waals surface area contributed by atoms with Crippen LogP contribution in [-0.2, 0) is 0 Å². The van der Waals surface area contributed by atoms with Gasteiger partial charge in [-0.15, -0.1) is 0 Å². The number of hydrogen-bond donors (Lipinski definition) is 2. The molecule has 0 bridgehead atoms. The van der Waals surface area contributed by atoms with Gasteiger partial charge in [0.2, 0.25) is 5.78 Å². The molecule has 15 heavy (non-hydrogen) atoms. The van der Waals surface area contributed by atoms with Gasteiger partial charge in [0.05, 0.1) is 5.69 Å². The fourth-order valence-electron chi connectivity index (χ4n) is 1.61. The van der Waals surface area contributed by atoms with E-state index in [1.807, 2.05) is 19.1 Å². The minimum Gasteiger partial charge on any atom is -0.398 e. The molecular formula is C12H12N2O. The quantitative estimate of drug-likeness (QED) is 0.576. The van der Waals surface area contributed by atoms with E-state index in [2.05, 4.69) is 4.98 Å². The average Bonchev–Trinajstić information content (AvgIpc) is 2.69. The van der Waals surface area contributed by atoms with Gasteiger partial charge in [0.15, 0.2) is 0 Å². The predicted octanol–water partition coefficient (Wildman–Crippen LogP) is 2.14.